The summed E-state index contributed by atoms with van der Waals surface area (Å²) in [5.74, 6) is 0.946. The second-order valence-corrected chi connectivity index (χ2v) is 5.97. The van der Waals surface area contributed by atoms with Crippen molar-refractivity contribution in [2.45, 2.75) is 52.4 Å². The Bertz CT molecular complexity index is 580. The number of unbranched alkanes of at least 4 members (excludes halogenated alkanes) is 1. The van der Waals surface area contributed by atoms with Crippen LogP contribution in [0.3, 0.4) is 0 Å². The molecule has 0 aliphatic carbocycles. The first-order valence-electron chi connectivity index (χ1n) is 8.23. The number of ketones is 1. The van der Waals surface area contributed by atoms with Gasteiger partial charge in [0, 0.05) is 12.8 Å². The van der Waals surface area contributed by atoms with Crippen molar-refractivity contribution in [1.82, 2.24) is 0 Å². The summed E-state index contributed by atoms with van der Waals surface area (Å²) in [6, 6.07) is 14.6. The lowest BCUT2D eigenvalue weighted by atomic mass is 9.91. The summed E-state index contributed by atoms with van der Waals surface area (Å²) in [6.45, 7) is 4.41. The molecule has 0 saturated carbocycles. The number of fused-ring (bicyclic) bond motifs is 1. The van der Waals surface area contributed by atoms with Gasteiger partial charge in [-0.2, -0.15) is 0 Å². The van der Waals surface area contributed by atoms with Crippen molar-refractivity contribution in [2.24, 2.45) is 5.92 Å². The fraction of sp³-hybridized carbons (Fsp3) is 0.450. The maximum absolute atomic E-state index is 12.4. The molecule has 0 bridgehead atoms. The number of carbonyl (C=O) groups excluding carboxylic acids is 1. The van der Waals surface area contributed by atoms with Crippen LogP contribution in [-0.4, -0.2) is 5.78 Å². The highest BCUT2D eigenvalue weighted by Crippen LogP contribution is 2.22. The van der Waals surface area contributed by atoms with E-state index in [0.717, 1.165) is 12.8 Å². The van der Waals surface area contributed by atoms with Gasteiger partial charge in [-0.05, 0) is 22.3 Å². The zero-order valence-electron chi connectivity index (χ0n) is 13.3. The molecule has 1 heteroatoms. The fourth-order valence-electron chi connectivity index (χ4n) is 3.00. The Labute approximate surface area is 128 Å². The average molecular weight is 282 g/mol. The Hall–Kier alpha value is -1.63. The Morgan fingerprint density at radius 2 is 1.81 bits per heavy atom. The zero-order valence-corrected chi connectivity index (χ0v) is 13.3. The molecule has 0 amide bonds. The third kappa shape index (κ3) is 4.42. The van der Waals surface area contributed by atoms with Crippen molar-refractivity contribution in [3.8, 4) is 0 Å². The molecule has 1 nitrogen and oxygen atoms in total. The van der Waals surface area contributed by atoms with Crippen LogP contribution in [0.1, 0.15) is 51.5 Å². The second-order valence-electron chi connectivity index (χ2n) is 5.97. The van der Waals surface area contributed by atoms with Crippen molar-refractivity contribution in [3.05, 3.63) is 48.0 Å². The van der Waals surface area contributed by atoms with Gasteiger partial charge in [0.25, 0.3) is 0 Å². The molecule has 0 N–H and O–H groups in total. The lowest BCUT2D eigenvalue weighted by Gasteiger charge is -2.14. The molecule has 2 aromatic rings. The molecule has 1 atom stereocenters. The molecule has 0 aliphatic rings. The first-order valence-corrected chi connectivity index (χ1v) is 8.23. The van der Waals surface area contributed by atoms with Gasteiger partial charge in [0.1, 0.15) is 5.78 Å². The fourth-order valence-corrected chi connectivity index (χ4v) is 3.00. The Morgan fingerprint density at radius 1 is 1.05 bits per heavy atom. The SMILES string of the molecule is CCCCC(CC)CC(=O)Cc1cccc2ccccc12. The number of rotatable bonds is 8. The van der Waals surface area contributed by atoms with E-state index in [1.807, 2.05) is 12.1 Å². The van der Waals surface area contributed by atoms with Gasteiger partial charge in [0.2, 0.25) is 0 Å². The lowest BCUT2D eigenvalue weighted by Crippen LogP contribution is -2.10. The van der Waals surface area contributed by atoms with Crippen LogP contribution < -0.4 is 0 Å². The predicted octanol–water partition coefficient (Wildman–Crippen LogP) is 5.56. The molecular formula is C20H26O. The van der Waals surface area contributed by atoms with Crippen molar-refractivity contribution in [1.29, 1.82) is 0 Å². The Balaban J connectivity index is 2.04. The summed E-state index contributed by atoms with van der Waals surface area (Å²) in [4.78, 5) is 12.4. The maximum atomic E-state index is 12.4. The molecule has 21 heavy (non-hydrogen) atoms. The summed E-state index contributed by atoms with van der Waals surface area (Å²) in [5.41, 5.74) is 1.17. The summed E-state index contributed by atoms with van der Waals surface area (Å²) in [6.07, 6.45) is 6.06. The van der Waals surface area contributed by atoms with E-state index in [2.05, 4.69) is 44.2 Å². The normalized spacial score (nSPS) is 12.5. The van der Waals surface area contributed by atoms with Gasteiger partial charge in [-0.1, -0.05) is 82.0 Å². The Kier molecular flexibility index (Phi) is 5.98. The number of Topliss-reactive ketones (excluding diaryl/α,β-unsaturated/α-hetero) is 1. The van der Waals surface area contributed by atoms with Gasteiger partial charge >= 0.3 is 0 Å². The van der Waals surface area contributed by atoms with Crippen LogP contribution in [0.25, 0.3) is 10.8 Å². The summed E-state index contributed by atoms with van der Waals surface area (Å²) < 4.78 is 0. The van der Waals surface area contributed by atoms with Gasteiger partial charge in [0.05, 0.1) is 0 Å². The molecule has 0 fully saturated rings. The summed E-state index contributed by atoms with van der Waals surface area (Å²) in [7, 11) is 0. The molecule has 0 spiro atoms. The van der Waals surface area contributed by atoms with Crippen molar-refractivity contribution in [3.63, 3.8) is 0 Å². The number of hydrogen-bond acceptors (Lipinski definition) is 1. The van der Waals surface area contributed by atoms with Crippen LogP contribution in [0.4, 0.5) is 0 Å². The highest BCUT2D eigenvalue weighted by molar-refractivity contribution is 5.90. The van der Waals surface area contributed by atoms with Crippen molar-refractivity contribution >= 4 is 16.6 Å². The minimum absolute atomic E-state index is 0.384. The zero-order chi connectivity index (χ0) is 15.1. The van der Waals surface area contributed by atoms with Crippen LogP contribution in [0.2, 0.25) is 0 Å². The molecule has 0 aromatic heterocycles. The smallest absolute Gasteiger partial charge is 0.137 e. The van der Waals surface area contributed by atoms with Crippen molar-refractivity contribution in [2.75, 3.05) is 0 Å². The third-order valence-corrected chi connectivity index (χ3v) is 4.33. The minimum atomic E-state index is 0.384. The van der Waals surface area contributed by atoms with E-state index in [0.29, 0.717) is 18.1 Å². The Morgan fingerprint density at radius 3 is 2.57 bits per heavy atom. The standard InChI is InChI=1S/C20H26O/c1-3-5-9-16(4-2)14-19(21)15-18-12-8-11-17-10-6-7-13-20(17)18/h6-8,10-13,16H,3-5,9,14-15H2,1-2H3. The third-order valence-electron chi connectivity index (χ3n) is 4.33. The highest BCUT2D eigenvalue weighted by atomic mass is 16.1. The van der Waals surface area contributed by atoms with Gasteiger partial charge in [0.15, 0.2) is 0 Å². The first kappa shape index (κ1) is 15.8. The monoisotopic (exact) mass is 282 g/mol. The van der Waals surface area contributed by atoms with E-state index in [1.54, 1.807) is 0 Å². The molecule has 0 heterocycles. The van der Waals surface area contributed by atoms with E-state index >= 15 is 0 Å². The molecule has 0 saturated heterocycles. The molecule has 1 unspecified atom stereocenters. The van der Waals surface area contributed by atoms with Crippen molar-refractivity contribution < 1.29 is 4.79 Å². The number of benzene rings is 2. The average Bonchev–Trinajstić information content (AvgIpc) is 2.51. The molecule has 2 aromatic carbocycles. The van der Waals surface area contributed by atoms with E-state index < -0.39 is 0 Å². The van der Waals surface area contributed by atoms with Crippen LogP contribution in [-0.2, 0) is 11.2 Å². The summed E-state index contributed by atoms with van der Waals surface area (Å²) in [5, 5.41) is 2.44. The van der Waals surface area contributed by atoms with E-state index in [-0.39, 0.29) is 0 Å². The van der Waals surface area contributed by atoms with Gasteiger partial charge in [-0.3, -0.25) is 4.79 Å². The minimum Gasteiger partial charge on any atom is -0.299 e. The first-order chi connectivity index (χ1) is 10.2. The molecule has 0 aliphatic heterocycles. The van der Waals surface area contributed by atoms with Crippen LogP contribution >= 0.6 is 0 Å². The molecule has 112 valence electrons. The van der Waals surface area contributed by atoms with Gasteiger partial charge < -0.3 is 0 Å². The highest BCUT2D eigenvalue weighted by Gasteiger charge is 2.13. The maximum Gasteiger partial charge on any atom is 0.137 e. The number of carbonyl (C=O) groups is 1. The van der Waals surface area contributed by atoms with E-state index in [4.69, 9.17) is 0 Å². The van der Waals surface area contributed by atoms with Gasteiger partial charge in [-0.15, -0.1) is 0 Å². The largest absolute Gasteiger partial charge is 0.299 e. The number of hydrogen-bond donors (Lipinski definition) is 0. The van der Waals surface area contributed by atoms with Crippen LogP contribution in [0.15, 0.2) is 42.5 Å². The van der Waals surface area contributed by atoms with E-state index in [1.165, 1.54) is 35.6 Å². The second kappa shape index (κ2) is 7.97. The van der Waals surface area contributed by atoms with Gasteiger partial charge in [-0.25, -0.2) is 0 Å². The molecule has 0 radical (unpaired) electrons. The van der Waals surface area contributed by atoms with Crippen LogP contribution in [0.5, 0.6) is 0 Å². The topological polar surface area (TPSA) is 17.1 Å². The van der Waals surface area contributed by atoms with Crippen LogP contribution in [0, 0.1) is 5.92 Å². The molecule has 2 rings (SSSR count). The predicted molar refractivity (Wildman–Crippen MR) is 90.6 cm³/mol. The molecular weight excluding hydrogens is 256 g/mol. The quantitative estimate of drug-likeness (QED) is 0.619. The summed E-state index contributed by atoms with van der Waals surface area (Å²) >= 11 is 0. The van der Waals surface area contributed by atoms with E-state index in [9.17, 15) is 4.79 Å². The lowest BCUT2D eigenvalue weighted by molar-refractivity contribution is -0.119.